The van der Waals surface area contributed by atoms with Crippen LogP contribution in [0.5, 0.6) is 5.88 Å². The lowest BCUT2D eigenvalue weighted by atomic mass is 9.91. The van der Waals surface area contributed by atoms with Crippen LogP contribution in [0.3, 0.4) is 0 Å². The van der Waals surface area contributed by atoms with Crippen molar-refractivity contribution in [2.45, 2.75) is 31.8 Å². The average molecular weight is 299 g/mol. The van der Waals surface area contributed by atoms with Crippen LogP contribution in [0.1, 0.15) is 25.7 Å². The van der Waals surface area contributed by atoms with Gasteiger partial charge in [0.15, 0.2) is 0 Å². The van der Waals surface area contributed by atoms with E-state index in [1.807, 2.05) is 17.0 Å². The third kappa shape index (κ3) is 2.60. The van der Waals surface area contributed by atoms with Crippen LogP contribution in [0.2, 0.25) is 0 Å². The minimum absolute atomic E-state index is 0.0310. The zero-order valence-electron chi connectivity index (χ0n) is 12.6. The van der Waals surface area contributed by atoms with E-state index in [4.69, 9.17) is 4.74 Å². The highest BCUT2D eigenvalue weighted by Gasteiger charge is 2.42. The van der Waals surface area contributed by atoms with E-state index >= 15 is 0 Å². The Bertz CT molecular complexity index is 575. The number of hydrogen-bond acceptors (Lipinski definition) is 4. The molecule has 2 bridgehead atoms. The Labute approximate surface area is 130 Å². The second kappa shape index (κ2) is 5.71. The predicted molar refractivity (Wildman–Crippen MR) is 81.1 cm³/mol. The van der Waals surface area contributed by atoms with Crippen molar-refractivity contribution < 1.29 is 9.53 Å². The summed E-state index contributed by atoms with van der Waals surface area (Å²) in [6.45, 7) is 1.53. The summed E-state index contributed by atoms with van der Waals surface area (Å²) in [6, 6.07) is 3.63. The number of allylic oxidation sites excluding steroid dienone is 2. The van der Waals surface area contributed by atoms with E-state index in [0.29, 0.717) is 30.2 Å². The molecule has 2 fully saturated rings. The lowest BCUT2D eigenvalue weighted by Crippen LogP contribution is -2.47. The number of fused-ring (bicyclic) bond motifs is 2. The van der Waals surface area contributed by atoms with Gasteiger partial charge in [0, 0.05) is 24.7 Å². The number of carbonyl (C=O) groups is 1. The fourth-order valence-corrected chi connectivity index (χ4v) is 4.05. The molecule has 1 aliphatic heterocycles. The monoisotopic (exact) mass is 299 g/mol. The fourth-order valence-electron chi connectivity index (χ4n) is 4.05. The van der Waals surface area contributed by atoms with E-state index in [2.05, 4.69) is 22.3 Å². The molecular formula is C17H21N3O2. The van der Waals surface area contributed by atoms with Gasteiger partial charge in [-0.05, 0) is 43.6 Å². The van der Waals surface area contributed by atoms with Crippen molar-refractivity contribution in [2.24, 2.45) is 17.8 Å². The van der Waals surface area contributed by atoms with Crippen molar-refractivity contribution in [1.82, 2.24) is 15.1 Å². The molecule has 1 saturated carbocycles. The highest BCUT2D eigenvalue weighted by molar-refractivity contribution is 5.80. The van der Waals surface area contributed by atoms with Crippen molar-refractivity contribution in [3.63, 3.8) is 0 Å². The SMILES string of the molecule is O=C(C1CC2C=CC1C2)N1CCCC(Oc2cccnn2)C1. The third-order valence-corrected chi connectivity index (χ3v) is 5.12. The predicted octanol–water partition coefficient (Wildman–Crippen LogP) is 2.06. The zero-order chi connectivity index (χ0) is 14.9. The minimum atomic E-state index is 0.0310. The van der Waals surface area contributed by atoms with Crippen LogP contribution in [0.15, 0.2) is 30.5 Å². The third-order valence-electron chi connectivity index (χ3n) is 5.12. The highest BCUT2D eigenvalue weighted by Crippen LogP contribution is 2.44. The number of piperidine rings is 1. The Balaban J connectivity index is 1.38. The summed E-state index contributed by atoms with van der Waals surface area (Å²) in [6.07, 6.45) is 10.4. The first kappa shape index (κ1) is 13.7. The van der Waals surface area contributed by atoms with Gasteiger partial charge < -0.3 is 9.64 Å². The van der Waals surface area contributed by atoms with Gasteiger partial charge in [-0.3, -0.25) is 4.79 Å². The molecule has 1 amide bonds. The molecule has 1 aromatic rings. The van der Waals surface area contributed by atoms with Gasteiger partial charge in [0.2, 0.25) is 11.8 Å². The van der Waals surface area contributed by atoms with Crippen molar-refractivity contribution in [3.8, 4) is 5.88 Å². The summed E-state index contributed by atoms with van der Waals surface area (Å²) >= 11 is 0. The molecule has 0 N–H and O–H groups in total. The second-order valence-corrected chi connectivity index (χ2v) is 6.61. The summed E-state index contributed by atoms with van der Waals surface area (Å²) in [4.78, 5) is 14.8. The summed E-state index contributed by atoms with van der Waals surface area (Å²) < 4.78 is 5.88. The largest absolute Gasteiger partial charge is 0.471 e. The maximum absolute atomic E-state index is 12.8. The van der Waals surface area contributed by atoms with Crippen LogP contribution in [0, 0.1) is 17.8 Å². The molecular weight excluding hydrogens is 278 g/mol. The molecule has 1 aromatic heterocycles. The molecule has 4 unspecified atom stereocenters. The normalized spacial score (nSPS) is 33.2. The van der Waals surface area contributed by atoms with Crippen molar-refractivity contribution >= 4 is 5.91 Å². The van der Waals surface area contributed by atoms with E-state index in [1.54, 1.807) is 6.20 Å². The quantitative estimate of drug-likeness (QED) is 0.802. The first-order valence-electron chi connectivity index (χ1n) is 8.21. The zero-order valence-corrected chi connectivity index (χ0v) is 12.6. The van der Waals surface area contributed by atoms with Gasteiger partial charge in [0.05, 0.1) is 6.54 Å². The van der Waals surface area contributed by atoms with Crippen LogP contribution < -0.4 is 4.74 Å². The maximum Gasteiger partial charge on any atom is 0.233 e. The molecule has 0 aromatic carbocycles. The van der Waals surface area contributed by atoms with E-state index in [0.717, 1.165) is 25.8 Å². The number of carbonyl (C=O) groups excluding carboxylic acids is 1. The number of likely N-dealkylation sites (tertiary alicyclic amines) is 1. The lowest BCUT2D eigenvalue weighted by Gasteiger charge is -2.35. The molecule has 0 radical (unpaired) electrons. The number of hydrogen-bond donors (Lipinski definition) is 0. The molecule has 4 atom stereocenters. The van der Waals surface area contributed by atoms with E-state index in [9.17, 15) is 4.79 Å². The molecule has 3 aliphatic rings. The van der Waals surface area contributed by atoms with Gasteiger partial charge in [0.1, 0.15) is 6.10 Å². The smallest absolute Gasteiger partial charge is 0.233 e. The van der Waals surface area contributed by atoms with Crippen LogP contribution >= 0.6 is 0 Å². The fraction of sp³-hybridized carbons (Fsp3) is 0.588. The number of ether oxygens (including phenoxy) is 1. The summed E-state index contributed by atoms with van der Waals surface area (Å²) in [5, 5.41) is 7.80. The molecule has 22 heavy (non-hydrogen) atoms. The topological polar surface area (TPSA) is 55.3 Å². The number of rotatable bonds is 3. The van der Waals surface area contributed by atoms with E-state index < -0.39 is 0 Å². The molecule has 0 spiro atoms. The van der Waals surface area contributed by atoms with Crippen molar-refractivity contribution in [1.29, 1.82) is 0 Å². The first-order chi connectivity index (χ1) is 10.8. The number of amides is 1. The second-order valence-electron chi connectivity index (χ2n) is 6.61. The molecule has 2 aliphatic carbocycles. The van der Waals surface area contributed by atoms with Crippen LogP contribution in [-0.4, -0.2) is 40.2 Å². The van der Waals surface area contributed by atoms with E-state index in [1.165, 1.54) is 6.42 Å². The highest BCUT2D eigenvalue weighted by atomic mass is 16.5. The number of nitrogens with zero attached hydrogens (tertiary/aromatic N) is 3. The van der Waals surface area contributed by atoms with Crippen molar-refractivity contribution in [2.75, 3.05) is 13.1 Å². The molecule has 116 valence electrons. The molecule has 5 nitrogen and oxygen atoms in total. The van der Waals surface area contributed by atoms with Crippen LogP contribution in [0.4, 0.5) is 0 Å². The Hall–Kier alpha value is -1.91. The molecule has 5 heteroatoms. The van der Waals surface area contributed by atoms with Crippen LogP contribution in [-0.2, 0) is 4.79 Å². The van der Waals surface area contributed by atoms with Gasteiger partial charge in [0.25, 0.3) is 0 Å². The average Bonchev–Trinajstić information content (AvgIpc) is 3.18. The summed E-state index contributed by atoms with van der Waals surface area (Å²) in [5.74, 6) is 2.17. The molecule has 2 heterocycles. The molecule has 1 saturated heterocycles. The standard InChI is InChI=1S/C17H21N3O2/c21-17(15-10-12-5-6-13(15)9-12)20-8-2-3-14(11-20)22-16-4-1-7-18-19-16/h1,4-7,12-15H,2-3,8-11H2. The van der Waals surface area contributed by atoms with Crippen molar-refractivity contribution in [3.05, 3.63) is 30.5 Å². The van der Waals surface area contributed by atoms with E-state index in [-0.39, 0.29) is 12.0 Å². The Morgan fingerprint density at radius 3 is 3.00 bits per heavy atom. The maximum atomic E-state index is 12.8. The summed E-state index contributed by atoms with van der Waals surface area (Å²) in [5.41, 5.74) is 0. The minimum Gasteiger partial charge on any atom is -0.471 e. The van der Waals surface area contributed by atoms with Crippen LogP contribution in [0.25, 0.3) is 0 Å². The Morgan fingerprint density at radius 2 is 2.27 bits per heavy atom. The van der Waals surface area contributed by atoms with Gasteiger partial charge in [-0.15, -0.1) is 5.10 Å². The lowest BCUT2D eigenvalue weighted by molar-refractivity contribution is -0.139. The van der Waals surface area contributed by atoms with Gasteiger partial charge >= 0.3 is 0 Å². The van der Waals surface area contributed by atoms with Gasteiger partial charge in [-0.25, -0.2) is 0 Å². The molecule has 4 rings (SSSR count). The van der Waals surface area contributed by atoms with Gasteiger partial charge in [-0.2, -0.15) is 5.10 Å². The first-order valence-corrected chi connectivity index (χ1v) is 8.21. The summed E-state index contributed by atoms with van der Waals surface area (Å²) in [7, 11) is 0. The Morgan fingerprint density at radius 1 is 1.32 bits per heavy atom. The number of aromatic nitrogens is 2. The Kier molecular flexibility index (Phi) is 3.56. The van der Waals surface area contributed by atoms with Gasteiger partial charge in [-0.1, -0.05) is 12.2 Å².